The van der Waals surface area contributed by atoms with Gasteiger partial charge in [-0.15, -0.1) is 0 Å². The Kier molecular flexibility index (Phi) is 4.99. The summed E-state index contributed by atoms with van der Waals surface area (Å²) < 4.78 is 17.9. The van der Waals surface area contributed by atoms with Gasteiger partial charge in [-0.2, -0.15) is 0 Å². The van der Waals surface area contributed by atoms with Gasteiger partial charge in [-0.25, -0.2) is 0 Å². The Hall–Kier alpha value is -1.14. The van der Waals surface area contributed by atoms with Gasteiger partial charge in [0.1, 0.15) is 12.2 Å². The fraction of sp³-hybridized carbons (Fsp3) is 0.900. The van der Waals surface area contributed by atoms with Crippen LogP contribution in [-0.4, -0.2) is 47.1 Å². The average Bonchev–Trinajstić information content (AvgIpc) is 3.39. The summed E-state index contributed by atoms with van der Waals surface area (Å²) in [6.45, 7) is 0.342. The van der Waals surface area contributed by atoms with Crippen LogP contribution in [-0.2, 0) is 23.8 Å². The second-order valence-corrected chi connectivity index (χ2v) is 8.80. The molecule has 4 fully saturated rings. The normalized spacial score (nSPS) is 38.6. The van der Waals surface area contributed by atoms with Crippen molar-refractivity contribution in [2.24, 2.45) is 5.92 Å². The molecule has 6 heteroatoms. The van der Waals surface area contributed by atoms with Crippen LogP contribution in [0, 0.1) is 5.92 Å². The summed E-state index contributed by atoms with van der Waals surface area (Å²) >= 11 is 0. The highest BCUT2D eigenvalue weighted by Crippen LogP contribution is 2.48. The van der Waals surface area contributed by atoms with E-state index in [1.165, 1.54) is 0 Å². The molecule has 4 rings (SSSR count). The zero-order valence-corrected chi connectivity index (χ0v) is 15.4. The molecule has 26 heavy (non-hydrogen) atoms. The summed E-state index contributed by atoms with van der Waals surface area (Å²) in [6, 6.07) is 0. The van der Waals surface area contributed by atoms with Crippen LogP contribution in [0.4, 0.5) is 0 Å². The van der Waals surface area contributed by atoms with Crippen molar-refractivity contribution in [3.63, 3.8) is 0 Å². The first-order valence-electron chi connectivity index (χ1n) is 10.2. The molecule has 0 aliphatic carbocycles. The summed E-state index contributed by atoms with van der Waals surface area (Å²) in [7, 11) is 0. The lowest BCUT2D eigenvalue weighted by molar-refractivity contribution is -0.159. The summed E-state index contributed by atoms with van der Waals surface area (Å²) in [5, 5.41) is 8.91. The number of carboxylic acid groups (broad SMARTS) is 1. The number of fused-ring (bicyclic) bond motifs is 4. The fourth-order valence-corrected chi connectivity index (χ4v) is 5.42. The molecular formula is C20H30O6. The van der Waals surface area contributed by atoms with Crippen LogP contribution >= 0.6 is 0 Å². The number of hydrogen-bond donors (Lipinski definition) is 1. The fourth-order valence-electron chi connectivity index (χ4n) is 5.42. The van der Waals surface area contributed by atoms with Crippen molar-refractivity contribution in [3.8, 4) is 0 Å². The van der Waals surface area contributed by atoms with Crippen molar-refractivity contribution < 1.29 is 28.9 Å². The Morgan fingerprint density at radius 1 is 1.00 bits per heavy atom. The van der Waals surface area contributed by atoms with E-state index < -0.39 is 5.97 Å². The van der Waals surface area contributed by atoms with E-state index in [0.717, 1.165) is 51.4 Å². The minimum atomic E-state index is -0.816. The zero-order chi connectivity index (χ0) is 18.2. The van der Waals surface area contributed by atoms with Crippen LogP contribution in [0.1, 0.15) is 77.0 Å². The van der Waals surface area contributed by atoms with Crippen molar-refractivity contribution in [2.75, 3.05) is 6.61 Å². The van der Waals surface area contributed by atoms with Gasteiger partial charge < -0.3 is 19.3 Å². The van der Waals surface area contributed by atoms with Gasteiger partial charge >= 0.3 is 11.9 Å². The Morgan fingerprint density at radius 3 is 2.08 bits per heavy atom. The van der Waals surface area contributed by atoms with E-state index in [1.54, 1.807) is 0 Å². The van der Waals surface area contributed by atoms with E-state index in [9.17, 15) is 9.59 Å². The van der Waals surface area contributed by atoms with Crippen molar-refractivity contribution in [2.45, 2.75) is 100 Å². The van der Waals surface area contributed by atoms with Crippen LogP contribution in [0.25, 0.3) is 0 Å². The second-order valence-electron chi connectivity index (χ2n) is 8.80. The first-order valence-corrected chi connectivity index (χ1v) is 10.2. The monoisotopic (exact) mass is 366 g/mol. The summed E-state index contributed by atoms with van der Waals surface area (Å²) in [6.07, 6.45) is 10.8. The van der Waals surface area contributed by atoms with Gasteiger partial charge in [0.25, 0.3) is 0 Å². The number of hydrogen-bond acceptors (Lipinski definition) is 5. The topological polar surface area (TPSA) is 82.1 Å². The van der Waals surface area contributed by atoms with Crippen LogP contribution in [0.2, 0.25) is 0 Å². The quantitative estimate of drug-likeness (QED) is 0.631. The largest absolute Gasteiger partial charge is 0.481 e. The molecule has 4 aliphatic heterocycles. The van der Waals surface area contributed by atoms with Gasteiger partial charge in [0.15, 0.2) is 0 Å². The predicted molar refractivity (Wildman–Crippen MR) is 92.7 cm³/mol. The van der Waals surface area contributed by atoms with E-state index in [0.29, 0.717) is 38.1 Å². The first kappa shape index (κ1) is 18.2. The van der Waals surface area contributed by atoms with Crippen LogP contribution in [0.15, 0.2) is 0 Å². The molecule has 1 atom stereocenters. The standard InChI is InChI=1S/C20H30O6/c21-17(22)3-1-2-14(12-19-8-4-15(25-19)5-9-19)18(23)24-13-20-10-6-16(26-20)7-11-20/h14-16H,1-13H2,(H,21,22). The number of carbonyl (C=O) groups excluding carboxylic acids is 1. The minimum absolute atomic E-state index is 0.0923. The lowest BCUT2D eigenvalue weighted by Gasteiger charge is -2.30. The van der Waals surface area contributed by atoms with E-state index in [4.69, 9.17) is 19.3 Å². The molecule has 4 heterocycles. The van der Waals surface area contributed by atoms with E-state index in [-0.39, 0.29) is 29.5 Å². The highest BCUT2D eigenvalue weighted by Gasteiger charge is 2.49. The average molecular weight is 366 g/mol. The molecule has 146 valence electrons. The van der Waals surface area contributed by atoms with Crippen molar-refractivity contribution in [1.29, 1.82) is 0 Å². The molecule has 0 radical (unpaired) electrons. The van der Waals surface area contributed by atoms with Gasteiger partial charge in [0, 0.05) is 6.42 Å². The van der Waals surface area contributed by atoms with Crippen LogP contribution in [0.5, 0.6) is 0 Å². The number of aliphatic carboxylic acids is 1. The van der Waals surface area contributed by atoms with Crippen LogP contribution < -0.4 is 0 Å². The molecule has 1 N–H and O–H groups in total. The predicted octanol–water partition coefficient (Wildman–Crippen LogP) is 3.21. The number of carbonyl (C=O) groups is 2. The number of esters is 1. The van der Waals surface area contributed by atoms with Gasteiger partial charge in [0.05, 0.1) is 23.7 Å². The van der Waals surface area contributed by atoms with E-state index >= 15 is 0 Å². The highest BCUT2D eigenvalue weighted by atomic mass is 16.6. The molecule has 0 amide bonds. The second kappa shape index (κ2) is 7.12. The third-order valence-electron chi connectivity index (χ3n) is 6.89. The minimum Gasteiger partial charge on any atom is -0.481 e. The smallest absolute Gasteiger partial charge is 0.309 e. The Bertz CT molecular complexity index is 543. The molecule has 4 saturated heterocycles. The molecule has 6 nitrogen and oxygen atoms in total. The maximum Gasteiger partial charge on any atom is 0.309 e. The maximum atomic E-state index is 12.8. The third-order valence-corrected chi connectivity index (χ3v) is 6.89. The zero-order valence-electron chi connectivity index (χ0n) is 15.4. The van der Waals surface area contributed by atoms with Crippen LogP contribution in [0.3, 0.4) is 0 Å². The SMILES string of the molecule is O=C(O)CCCC(CC12CCC(CC1)O2)C(=O)OCC12CCC(CC1)O2. The Morgan fingerprint density at radius 2 is 1.58 bits per heavy atom. The van der Waals surface area contributed by atoms with E-state index in [2.05, 4.69) is 0 Å². The molecule has 0 spiro atoms. The van der Waals surface area contributed by atoms with Crippen molar-refractivity contribution in [3.05, 3.63) is 0 Å². The first-order chi connectivity index (χ1) is 12.5. The summed E-state index contributed by atoms with van der Waals surface area (Å²) in [5.74, 6) is -1.29. The molecule has 4 aliphatic rings. The molecule has 0 aromatic heterocycles. The summed E-state index contributed by atoms with van der Waals surface area (Å²) in [4.78, 5) is 23.7. The Balaban J connectivity index is 1.34. The molecule has 1 unspecified atom stereocenters. The third kappa shape index (κ3) is 3.77. The van der Waals surface area contributed by atoms with Gasteiger partial charge in [-0.05, 0) is 70.6 Å². The van der Waals surface area contributed by atoms with Crippen molar-refractivity contribution >= 4 is 11.9 Å². The molecular weight excluding hydrogens is 336 g/mol. The lowest BCUT2D eigenvalue weighted by atomic mass is 9.80. The van der Waals surface area contributed by atoms with E-state index in [1.807, 2.05) is 0 Å². The van der Waals surface area contributed by atoms with Gasteiger partial charge in [-0.1, -0.05) is 0 Å². The number of carboxylic acids is 1. The molecule has 4 bridgehead atoms. The van der Waals surface area contributed by atoms with Gasteiger partial charge in [0.2, 0.25) is 0 Å². The number of ether oxygens (including phenoxy) is 3. The summed E-state index contributed by atoms with van der Waals surface area (Å²) in [5.41, 5.74) is -0.440. The molecule has 0 aromatic carbocycles. The van der Waals surface area contributed by atoms with Crippen molar-refractivity contribution in [1.82, 2.24) is 0 Å². The highest BCUT2D eigenvalue weighted by molar-refractivity contribution is 5.73. The maximum absolute atomic E-state index is 12.8. The number of rotatable bonds is 9. The Labute approximate surface area is 154 Å². The lowest BCUT2D eigenvalue weighted by Crippen LogP contribution is -2.36. The molecule has 0 saturated carbocycles. The van der Waals surface area contributed by atoms with Gasteiger partial charge in [-0.3, -0.25) is 9.59 Å². The molecule has 0 aromatic rings.